The van der Waals surface area contributed by atoms with Gasteiger partial charge in [0.25, 0.3) is 0 Å². The number of rotatable bonds is 8. The molecule has 0 radical (unpaired) electrons. The Hall–Kier alpha value is -0.610. The number of carboxylic acid groups (broad SMARTS) is 1. The van der Waals surface area contributed by atoms with Gasteiger partial charge < -0.3 is 16.2 Å². The van der Waals surface area contributed by atoms with Crippen molar-refractivity contribution in [2.45, 2.75) is 26.2 Å². The second-order valence-electron chi connectivity index (χ2n) is 3.27. The standard InChI is InChI=1S/C9H20N2O2/c1-8(9(12)13)4-7-11-6-3-2-5-10/h8,11H,2-7,10H2,1H3,(H,12,13)/t8-/m0/s1. The van der Waals surface area contributed by atoms with Crippen LogP contribution in [0.2, 0.25) is 0 Å². The van der Waals surface area contributed by atoms with Gasteiger partial charge in [0.2, 0.25) is 0 Å². The van der Waals surface area contributed by atoms with E-state index >= 15 is 0 Å². The van der Waals surface area contributed by atoms with Gasteiger partial charge in [0, 0.05) is 0 Å². The molecule has 0 aromatic heterocycles. The normalized spacial score (nSPS) is 12.8. The highest BCUT2D eigenvalue weighted by Crippen LogP contribution is 1.99. The van der Waals surface area contributed by atoms with E-state index in [0.29, 0.717) is 6.42 Å². The molecular weight excluding hydrogens is 168 g/mol. The molecule has 1 atom stereocenters. The van der Waals surface area contributed by atoms with Crippen LogP contribution in [0.3, 0.4) is 0 Å². The van der Waals surface area contributed by atoms with Crippen molar-refractivity contribution in [3.05, 3.63) is 0 Å². The second kappa shape index (κ2) is 8.01. The molecule has 0 unspecified atom stereocenters. The molecule has 0 aromatic carbocycles. The fourth-order valence-corrected chi connectivity index (χ4v) is 0.961. The summed E-state index contributed by atoms with van der Waals surface area (Å²) in [5, 5.41) is 11.8. The predicted molar refractivity (Wildman–Crippen MR) is 52.6 cm³/mol. The number of hydrogen-bond donors (Lipinski definition) is 3. The van der Waals surface area contributed by atoms with Gasteiger partial charge in [-0.05, 0) is 38.9 Å². The van der Waals surface area contributed by atoms with Crippen LogP contribution in [0.15, 0.2) is 0 Å². The Bertz CT molecular complexity index is 140. The summed E-state index contributed by atoms with van der Waals surface area (Å²) in [6.45, 7) is 4.17. The van der Waals surface area contributed by atoms with Gasteiger partial charge in [-0.25, -0.2) is 0 Å². The number of nitrogens with two attached hydrogens (primary N) is 1. The minimum atomic E-state index is -0.719. The highest BCUT2D eigenvalue weighted by Gasteiger charge is 2.08. The Morgan fingerprint density at radius 3 is 2.69 bits per heavy atom. The maximum absolute atomic E-state index is 10.4. The Kier molecular flexibility index (Phi) is 7.63. The van der Waals surface area contributed by atoms with E-state index < -0.39 is 5.97 Å². The van der Waals surface area contributed by atoms with Crippen molar-refractivity contribution in [1.29, 1.82) is 0 Å². The topological polar surface area (TPSA) is 75.3 Å². The van der Waals surface area contributed by atoms with Crippen molar-refractivity contribution >= 4 is 5.97 Å². The SMILES string of the molecule is C[C@@H](CCNCCCCN)C(=O)O. The molecule has 0 fully saturated rings. The zero-order valence-corrected chi connectivity index (χ0v) is 8.25. The van der Waals surface area contributed by atoms with E-state index in [9.17, 15) is 4.79 Å². The molecule has 4 nitrogen and oxygen atoms in total. The summed E-state index contributed by atoms with van der Waals surface area (Å²) in [4.78, 5) is 10.4. The highest BCUT2D eigenvalue weighted by molar-refractivity contribution is 5.69. The van der Waals surface area contributed by atoms with Gasteiger partial charge in [-0.15, -0.1) is 0 Å². The van der Waals surface area contributed by atoms with Gasteiger partial charge in [0.05, 0.1) is 5.92 Å². The molecule has 4 heteroatoms. The molecule has 0 aliphatic rings. The lowest BCUT2D eigenvalue weighted by atomic mass is 10.1. The van der Waals surface area contributed by atoms with Gasteiger partial charge >= 0.3 is 5.97 Å². The molecule has 0 bridgehead atoms. The zero-order chi connectivity index (χ0) is 10.1. The average Bonchev–Trinajstić information content (AvgIpc) is 2.10. The molecule has 78 valence electrons. The van der Waals surface area contributed by atoms with Crippen molar-refractivity contribution in [2.24, 2.45) is 11.7 Å². The number of carbonyl (C=O) groups is 1. The summed E-state index contributed by atoms with van der Waals surface area (Å²) in [7, 11) is 0. The molecule has 4 N–H and O–H groups in total. The average molecular weight is 188 g/mol. The van der Waals surface area contributed by atoms with E-state index in [0.717, 1.165) is 32.5 Å². The molecule has 13 heavy (non-hydrogen) atoms. The molecule has 0 saturated heterocycles. The van der Waals surface area contributed by atoms with Crippen molar-refractivity contribution in [2.75, 3.05) is 19.6 Å². The number of unbranched alkanes of at least 4 members (excludes halogenated alkanes) is 1. The largest absolute Gasteiger partial charge is 0.481 e. The van der Waals surface area contributed by atoms with Crippen LogP contribution in [0.4, 0.5) is 0 Å². The third kappa shape index (κ3) is 7.74. The summed E-state index contributed by atoms with van der Waals surface area (Å²) in [5.74, 6) is -0.967. The Morgan fingerprint density at radius 1 is 1.46 bits per heavy atom. The van der Waals surface area contributed by atoms with E-state index in [1.165, 1.54) is 0 Å². The van der Waals surface area contributed by atoms with E-state index in [4.69, 9.17) is 10.8 Å². The van der Waals surface area contributed by atoms with Crippen LogP contribution >= 0.6 is 0 Å². The molecule has 0 amide bonds. The fourth-order valence-electron chi connectivity index (χ4n) is 0.961. The van der Waals surface area contributed by atoms with Crippen molar-refractivity contribution in [3.8, 4) is 0 Å². The summed E-state index contributed by atoms with van der Waals surface area (Å²) in [5.41, 5.74) is 5.33. The van der Waals surface area contributed by atoms with Crippen LogP contribution in [-0.2, 0) is 4.79 Å². The molecule has 0 aliphatic heterocycles. The van der Waals surface area contributed by atoms with E-state index in [1.807, 2.05) is 0 Å². The fraction of sp³-hybridized carbons (Fsp3) is 0.889. The summed E-state index contributed by atoms with van der Waals surface area (Å²) in [6, 6.07) is 0. The number of nitrogens with one attached hydrogen (secondary N) is 1. The third-order valence-electron chi connectivity index (χ3n) is 1.98. The smallest absolute Gasteiger partial charge is 0.306 e. The van der Waals surface area contributed by atoms with Gasteiger partial charge in [-0.1, -0.05) is 6.92 Å². The monoisotopic (exact) mass is 188 g/mol. The van der Waals surface area contributed by atoms with Gasteiger partial charge in [0.1, 0.15) is 0 Å². The maximum atomic E-state index is 10.4. The highest BCUT2D eigenvalue weighted by atomic mass is 16.4. The molecule has 0 spiro atoms. The predicted octanol–water partition coefficient (Wildman–Crippen LogP) is 0.426. The van der Waals surface area contributed by atoms with Gasteiger partial charge in [-0.3, -0.25) is 4.79 Å². The molecule has 0 saturated carbocycles. The first-order chi connectivity index (χ1) is 6.18. The van der Waals surface area contributed by atoms with Crippen molar-refractivity contribution in [3.63, 3.8) is 0 Å². The van der Waals surface area contributed by atoms with Crippen LogP contribution in [0, 0.1) is 5.92 Å². The molecule has 0 aromatic rings. The number of hydrogen-bond acceptors (Lipinski definition) is 3. The summed E-state index contributed by atoms with van der Waals surface area (Å²) in [6.07, 6.45) is 2.79. The van der Waals surface area contributed by atoms with Crippen molar-refractivity contribution in [1.82, 2.24) is 5.32 Å². The van der Waals surface area contributed by atoms with Crippen LogP contribution < -0.4 is 11.1 Å². The van der Waals surface area contributed by atoms with E-state index in [1.54, 1.807) is 6.92 Å². The van der Waals surface area contributed by atoms with Crippen LogP contribution in [0.5, 0.6) is 0 Å². The first-order valence-electron chi connectivity index (χ1n) is 4.82. The second-order valence-corrected chi connectivity index (χ2v) is 3.27. The maximum Gasteiger partial charge on any atom is 0.306 e. The molecule has 0 heterocycles. The van der Waals surface area contributed by atoms with Gasteiger partial charge in [0.15, 0.2) is 0 Å². The van der Waals surface area contributed by atoms with E-state index in [-0.39, 0.29) is 5.92 Å². The molecule has 0 rings (SSSR count). The lowest BCUT2D eigenvalue weighted by molar-refractivity contribution is -0.141. The van der Waals surface area contributed by atoms with E-state index in [2.05, 4.69) is 5.32 Å². The van der Waals surface area contributed by atoms with Crippen LogP contribution in [0.25, 0.3) is 0 Å². The summed E-state index contributed by atoms with van der Waals surface area (Å²) >= 11 is 0. The Balaban J connectivity index is 3.11. The lowest BCUT2D eigenvalue weighted by Crippen LogP contribution is -2.22. The molecular formula is C9H20N2O2. The van der Waals surface area contributed by atoms with Crippen molar-refractivity contribution < 1.29 is 9.90 Å². The lowest BCUT2D eigenvalue weighted by Gasteiger charge is -2.06. The third-order valence-corrected chi connectivity index (χ3v) is 1.98. The first-order valence-corrected chi connectivity index (χ1v) is 4.82. The molecule has 0 aliphatic carbocycles. The Morgan fingerprint density at radius 2 is 2.15 bits per heavy atom. The van der Waals surface area contributed by atoms with Crippen LogP contribution in [0.1, 0.15) is 26.2 Å². The van der Waals surface area contributed by atoms with Crippen LogP contribution in [-0.4, -0.2) is 30.7 Å². The zero-order valence-electron chi connectivity index (χ0n) is 8.25. The minimum Gasteiger partial charge on any atom is -0.481 e. The minimum absolute atomic E-state index is 0.248. The number of carboxylic acids is 1. The first kappa shape index (κ1) is 12.4. The Labute approximate surface area is 79.5 Å². The quantitative estimate of drug-likeness (QED) is 0.483. The number of aliphatic carboxylic acids is 1. The van der Waals surface area contributed by atoms with Gasteiger partial charge in [-0.2, -0.15) is 0 Å². The summed E-state index contributed by atoms with van der Waals surface area (Å²) < 4.78 is 0.